The maximum Gasteiger partial charge on any atom is 0.248 e. The van der Waals surface area contributed by atoms with Crippen LogP contribution < -0.4 is 5.32 Å². The molecule has 4 aliphatic carbocycles. The molecule has 7 atom stereocenters. The van der Waals surface area contributed by atoms with Crippen molar-refractivity contribution in [3.05, 3.63) is 77.4 Å². The summed E-state index contributed by atoms with van der Waals surface area (Å²) in [5.74, 6) is 0.126. The first-order chi connectivity index (χ1) is 15.9. The van der Waals surface area contributed by atoms with Gasteiger partial charge in [-0.25, -0.2) is 0 Å². The van der Waals surface area contributed by atoms with Gasteiger partial charge >= 0.3 is 0 Å². The lowest BCUT2D eigenvalue weighted by atomic mass is 9.63. The zero-order valence-corrected chi connectivity index (χ0v) is 18.9. The Kier molecular flexibility index (Phi) is 4.58. The SMILES string of the molecule is Cc1ccc(NC(=O)[C@H](Cc2ccccc2)N2C(=O)[C@@H]3[C@H]4C=C[C@@H]([C@@H]5C[C@@H]45)[C@H]3C2=O)cc1C. The van der Waals surface area contributed by atoms with Crippen molar-refractivity contribution < 1.29 is 14.4 Å². The van der Waals surface area contributed by atoms with E-state index in [0.29, 0.717) is 23.9 Å². The summed E-state index contributed by atoms with van der Waals surface area (Å²) in [5, 5.41) is 2.98. The number of allylic oxidation sites excluding steroid dienone is 2. The Balaban J connectivity index is 1.33. The maximum atomic E-state index is 13.7. The first-order valence-electron chi connectivity index (χ1n) is 11.9. The third-order valence-corrected chi connectivity index (χ3v) is 8.36. The third-order valence-electron chi connectivity index (χ3n) is 8.36. The fourth-order valence-electron chi connectivity index (χ4n) is 6.47. The van der Waals surface area contributed by atoms with Crippen molar-refractivity contribution >= 4 is 23.4 Å². The topological polar surface area (TPSA) is 66.5 Å². The number of likely N-dealkylation sites (tertiary alicyclic amines) is 1. The first-order valence-corrected chi connectivity index (χ1v) is 11.9. The van der Waals surface area contributed by atoms with Gasteiger partial charge in [0.1, 0.15) is 6.04 Å². The number of rotatable bonds is 5. The van der Waals surface area contributed by atoms with Gasteiger partial charge in [0.15, 0.2) is 0 Å². The zero-order chi connectivity index (χ0) is 22.9. The fourth-order valence-corrected chi connectivity index (χ4v) is 6.47. The summed E-state index contributed by atoms with van der Waals surface area (Å²) in [5.41, 5.74) is 3.83. The molecule has 0 aromatic heterocycles. The quantitative estimate of drug-likeness (QED) is 0.566. The molecule has 2 saturated carbocycles. The summed E-state index contributed by atoms with van der Waals surface area (Å²) >= 11 is 0. The number of hydrogen-bond donors (Lipinski definition) is 1. The van der Waals surface area contributed by atoms with Crippen molar-refractivity contribution in [2.45, 2.75) is 32.7 Å². The highest BCUT2D eigenvalue weighted by Gasteiger charge is 2.67. The number of nitrogens with one attached hydrogen (secondary N) is 1. The molecule has 5 nitrogen and oxygen atoms in total. The van der Waals surface area contributed by atoms with Crippen molar-refractivity contribution in [3.63, 3.8) is 0 Å². The minimum Gasteiger partial charge on any atom is -0.324 e. The van der Waals surface area contributed by atoms with Crippen molar-refractivity contribution in [3.8, 4) is 0 Å². The van der Waals surface area contributed by atoms with Gasteiger partial charge in [0, 0.05) is 12.1 Å². The molecule has 7 rings (SSSR count). The predicted octanol–water partition coefficient (Wildman–Crippen LogP) is 3.91. The van der Waals surface area contributed by atoms with Crippen LogP contribution in [0.1, 0.15) is 23.1 Å². The Bertz CT molecular complexity index is 1150. The largest absolute Gasteiger partial charge is 0.324 e. The molecule has 2 aromatic rings. The number of amides is 3. The number of benzene rings is 2. The summed E-state index contributed by atoms with van der Waals surface area (Å²) in [6.45, 7) is 4.02. The summed E-state index contributed by atoms with van der Waals surface area (Å²) < 4.78 is 0. The summed E-state index contributed by atoms with van der Waals surface area (Å²) in [6.07, 6.45) is 5.76. The Morgan fingerprint density at radius 3 is 2.18 bits per heavy atom. The number of carbonyl (C=O) groups excluding carboxylic acids is 3. The van der Waals surface area contributed by atoms with Crippen molar-refractivity contribution in [1.82, 2.24) is 4.90 Å². The highest BCUT2D eigenvalue weighted by Crippen LogP contribution is 2.65. The van der Waals surface area contributed by atoms with Gasteiger partial charge in [0.25, 0.3) is 0 Å². The molecule has 1 N–H and O–H groups in total. The normalized spacial score (nSPS) is 31.9. The average Bonchev–Trinajstić information content (AvgIpc) is 3.59. The fraction of sp³-hybridized carbons (Fsp3) is 0.393. The number of anilines is 1. The van der Waals surface area contributed by atoms with Crippen LogP contribution in [0.5, 0.6) is 0 Å². The van der Waals surface area contributed by atoms with Gasteiger partial charge in [0.2, 0.25) is 17.7 Å². The molecule has 3 fully saturated rings. The molecule has 1 saturated heterocycles. The van der Waals surface area contributed by atoms with E-state index in [4.69, 9.17) is 0 Å². The van der Waals surface area contributed by atoms with E-state index in [9.17, 15) is 14.4 Å². The minimum absolute atomic E-state index is 0.145. The number of nitrogens with zero attached hydrogens (tertiary/aromatic N) is 1. The number of aryl methyl sites for hydroxylation is 2. The molecule has 0 radical (unpaired) electrons. The number of hydrogen-bond acceptors (Lipinski definition) is 3. The second-order valence-corrected chi connectivity index (χ2v) is 10.2. The lowest BCUT2D eigenvalue weighted by Gasteiger charge is -2.37. The smallest absolute Gasteiger partial charge is 0.248 e. The molecule has 1 heterocycles. The summed E-state index contributed by atoms with van der Waals surface area (Å²) in [6, 6.07) is 14.5. The molecule has 2 bridgehead atoms. The second-order valence-electron chi connectivity index (χ2n) is 10.2. The molecule has 2 aromatic carbocycles. The molecule has 168 valence electrons. The molecular formula is C28H28N2O3. The standard InChI is InChI=1S/C28H28N2O3/c1-15-8-9-18(12-16(15)2)29-26(31)23(13-17-6-4-3-5-7-17)30-27(32)24-19-10-11-20(22-14-21(19)22)25(24)28(30)33/h3-12,19-25H,13-14H2,1-2H3,(H,29,31)/t19-,20-,21-,22-,23-,24+,25+/m0/s1. The van der Waals surface area contributed by atoms with E-state index in [-0.39, 0.29) is 41.4 Å². The van der Waals surface area contributed by atoms with Crippen LogP contribution in [0.2, 0.25) is 0 Å². The predicted molar refractivity (Wildman–Crippen MR) is 125 cm³/mol. The zero-order valence-electron chi connectivity index (χ0n) is 18.9. The summed E-state index contributed by atoms with van der Waals surface area (Å²) in [7, 11) is 0. The van der Waals surface area contributed by atoms with Crippen molar-refractivity contribution in [2.75, 3.05) is 5.32 Å². The van der Waals surface area contributed by atoms with Gasteiger partial charge in [-0.2, -0.15) is 0 Å². The van der Waals surface area contributed by atoms with Crippen LogP contribution in [0.25, 0.3) is 0 Å². The molecule has 1 aliphatic heterocycles. The van der Waals surface area contributed by atoms with Gasteiger partial charge in [-0.1, -0.05) is 48.6 Å². The molecule has 5 heteroatoms. The van der Waals surface area contributed by atoms with Gasteiger partial charge in [-0.05, 0) is 72.8 Å². The Morgan fingerprint density at radius 2 is 1.58 bits per heavy atom. The molecule has 5 aliphatic rings. The summed E-state index contributed by atoms with van der Waals surface area (Å²) in [4.78, 5) is 42.3. The van der Waals surface area contributed by atoms with Crippen LogP contribution in [0.15, 0.2) is 60.7 Å². The van der Waals surface area contributed by atoms with Crippen molar-refractivity contribution in [1.29, 1.82) is 0 Å². The van der Waals surface area contributed by atoms with Crippen LogP contribution in [0.4, 0.5) is 5.69 Å². The van der Waals surface area contributed by atoms with Gasteiger partial charge in [-0.15, -0.1) is 0 Å². The van der Waals surface area contributed by atoms with E-state index in [1.54, 1.807) is 0 Å². The Labute approximate surface area is 193 Å². The first kappa shape index (κ1) is 20.4. The molecule has 0 unspecified atom stereocenters. The van der Waals surface area contributed by atoms with Gasteiger partial charge in [-0.3, -0.25) is 19.3 Å². The van der Waals surface area contributed by atoms with Crippen LogP contribution >= 0.6 is 0 Å². The van der Waals surface area contributed by atoms with Gasteiger partial charge < -0.3 is 5.32 Å². The molecule has 3 amide bonds. The average molecular weight is 441 g/mol. The molecule has 33 heavy (non-hydrogen) atoms. The maximum absolute atomic E-state index is 13.7. The van der Waals surface area contributed by atoms with Crippen LogP contribution in [-0.2, 0) is 20.8 Å². The van der Waals surface area contributed by atoms with E-state index < -0.39 is 6.04 Å². The Morgan fingerprint density at radius 1 is 0.939 bits per heavy atom. The minimum atomic E-state index is -0.865. The molecule has 0 spiro atoms. The lowest BCUT2D eigenvalue weighted by Crippen LogP contribution is -2.49. The van der Waals surface area contributed by atoms with E-state index in [1.807, 2.05) is 62.4 Å². The van der Waals surface area contributed by atoms with Crippen LogP contribution in [0, 0.1) is 49.4 Å². The van der Waals surface area contributed by atoms with Crippen LogP contribution in [-0.4, -0.2) is 28.7 Å². The number of imide groups is 1. The van der Waals surface area contributed by atoms with E-state index >= 15 is 0 Å². The van der Waals surface area contributed by atoms with Gasteiger partial charge in [0.05, 0.1) is 11.8 Å². The van der Waals surface area contributed by atoms with E-state index in [1.165, 1.54) is 4.90 Å². The third kappa shape index (κ3) is 3.17. The highest BCUT2D eigenvalue weighted by molar-refractivity contribution is 6.10. The van der Waals surface area contributed by atoms with E-state index in [0.717, 1.165) is 23.1 Å². The van der Waals surface area contributed by atoms with Crippen molar-refractivity contribution in [2.24, 2.45) is 35.5 Å². The lowest BCUT2D eigenvalue weighted by molar-refractivity contribution is -0.146. The van der Waals surface area contributed by atoms with E-state index in [2.05, 4.69) is 17.5 Å². The molecular weight excluding hydrogens is 412 g/mol. The number of carbonyl (C=O) groups is 3. The Hall–Kier alpha value is -3.21. The second kappa shape index (κ2) is 7.41. The monoisotopic (exact) mass is 440 g/mol. The highest BCUT2D eigenvalue weighted by atomic mass is 16.2. The van der Waals surface area contributed by atoms with Crippen LogP contribution in [0.3, 0.4) is 0 Å².